The Kier molecular flexibility index (Phi) is 10.9. The van der Waals surface area contributed by atoms with E-state index < -0.39 is 11.9 Å². The Labute approximate surface area is 177 Å². The van der Waals surface area contributed by atoms with Crippen LogP contribution in [0.25, 0.3) is 0 Å². The minimum Gasteiger partial charge on any atom is -0.494 e. The van der Waals surface area contributed by atoms with Crippen LogP contribution in [0.5, 0.6) is 5.75 Å². The Hall–Kier alpha value is -1.13. The minimum atomic E-state index is -0.641. The van der Waals surface area contributed by atoms with Crippen LogP contribution in [0, 0.1) is 11.7 Å². The molecule has 1 saturated carbocycles. The summed E-state index contributed by atoms with van der Waals surface area (Å²) in [4.78, 5) is 4.39. The van der Waals surface area contributed by atoms with Gasteiger partial charge in [-0.1, -0.05) is 6.07 Å². The summed E-state index contributed by atoms with van der Waals surface area (Å²) >= 11 is 0. The van der Waals surface area contributed by atoms with Gasteiger partial charge >= 0.3 is 0 Å². The lowest BCUT2D eigenvalue weighted by Gasteiger charge is -2.19. The zero-order valence-corrected chi connectivity index (χ0v) is 18.5. The van der Waals surface area contributed by atoms with Crippen LogP contribution in [0.15, 0.2) is 23.2 Å². The number of aliphatic imine (C=N–C) groups is 1. The molecule has 0 aromatic heterocycles. The number of hydrogen-bond donors (Lipinski definition) is 3. The quantitative estimate of drug-likeness (QED) is 0.265. The molecule has 2 unspecified atom stereocenters. The molecule has 0 radical (unpaired) electrons. The Balaban J connectivity index is 0.00000364. The van der Waals surface area contributed by atoms with Crippen LogP contribution < -0.4 is 15.4 Å². The molecule has 0 amide bonds. The van der Waals surface area contributed by atoms with E-state index in [9.17, 15) is 9.50 Å². The maximum absolute atomic E-state index is 13.9. The highest BCUT2D eigenvalue weighted by atomic mass is 127. The average Bonchev–Trinajstić information content (AvgIpc) is 3.44. The van der Waals surface area contributed by atoms with Crippen molar-refractivity contribution in [2.45, 2.75) is 38.8 Å². The first-order valence-electron chi connectivity index (χ1n) is 9.17. The molecule has 1 aromatic rings. The molecule has 2 atom stereocenters. The second-order valence-corrected chi connectivity index (χ2v) is 6.61. The van der Waals surface area contributed by atoms with Gasteiger partial charge in [-0.25, -0.2) is 4.39 Å². The summed E-state index contributed by atoms with van der Waals surface area (Å²) in [7, 11) is 1.44. The second-order valence-electron chi connectivity index (χ2n) is 6.61. The maximum Gasteiger partial charge on any atom is 0.191 e. The lowest BCUT2D eigenvalue weighted by Crippen LogP contribution is -2.39. The molecule has 1 aromatic carbocycles. The van der Waals surface area contributed by atoms with E-state index in [2.05, 4.69) is 15.6 Å². The zero-order valence-electron chi connectivity index (χ0n) is 16.2. The van der Waals surface area contributed by atoms with Crippen molar-refractivity contribution in [1.82, 2.24) is 10.6 Å². The van der Waals surface area contributed by atoms with Crippen molar-refractivity contribution < 1.29 is 19.0 Å². The number of hydrogen-bond acceptors (Lipinski definition) is 4. The van der Waals surface area contributed by atoms with Crippen molar-refractivity contribution in [2.24, 2.45) is 10.9 Å². The van der Waals surface area contributed by atoms with Gasteiger partial charge in [-0.15, -0.1) is 24.0 Å². The van der Waals surface area contributed by atoms with Crippen LogP contribution in [-0.4, -0.2) is 50.6 Å². The fourth-order valence-corrected chi connectivity index (χ4v) is 2.47. The van der Waals surface area contributed by atoms with E-state index in [1.54, 1.807) is 6.07 Å². The fourth-order valence-electron chi connectivity index (χ4n) is 2.47. The van der Waals surface area contributed by atoms with E-state index in [0.717, 1.165) is 12.2 Å². The van der Waals surface area contributed by atoms with Crippen molar-refractivity contribution in [2.75, 3.05) is 33.4 Å². The Morgan fingerprint density at radius 1 is 1.41 bits per heavy atom. The summed E-state index contributed by atoms with van der Waals surface area (Å²) in [5.74, 6) is 1.06. The first-order chi connectivity index (χ1) is 12.5. The van der Waals surface area contributed by atoms with Crippen LogP contribution >= 0.6 is 24.0 Å². The molecule has 0 heterocycles. The number of ether oxygens (including phenoxy) is 2. The van der Waals surface area contributed by atoms with E-state index >= 15 is 0 Å². The maximum atomic E-state index is 13.9. The average molecular weight is 495 g/mol. The Morgan fingerprint density at radius 3 is 2.74 bits per heavy atom. The van der Waals surface area contributed by atoms with E-state index in [1.165, 1.54) is 26.0 Å². The van der Waals surface area contributed by atoms with E-state index in [-0.39, 0.29) is 42.3 Å². The third-order valence-electron chi connectivity index (χ3n) is 4.19. The predicted molar refractivity (Wildman–Crippen MR) is 115 cm³/mol. The summed E-state index contributed by atoms with van der Waals surface area (Å²) in [5.41, 5.74) is 0.780. The molecule has 0 bridgehead atoms. The smallest absolute Gasteiger partial charge is 0.191 e. The van der Waals surface area contributed by atoms with Gasteiger partial charge < -0.3 is 25.2 Å². The summed E-state index contributed by atoms with van der Waals surface area (Å²) in [5, 5.41) is 16.3. The number of methoxy groups -OCH3 is 1. The normalized spacial score (nSPS) is 16.3. The molecule has 0 aliphatic heterocycles. The molecular formula is C19H31FIN3O3. The van der Waals surface area contributed by atoms with Crippen LogP contribution in [-0.2, 0) is 4.74 Å². The van der Waals surface area contributed by atoms with Crippen LogP contribution in [0.4, 0.5) is 4.39 Å². The van der Waals surface area contributed by atoms with Gasteiger partial charge in [0.25, 0.3) is 0 Å². The van der Waals surface area contributed by atoms with E-state index in [4.69, 9.17) is 9.47 Å². The molecule has 6 nitrogen and oxygen atoms in total. The van der Waals surface area contributed by atoms with Crippen LogP contribution in [0.2, 0.25) is 0 Å². The van der Waals surface area contributed by atoms with E-state index in [0.29, 0.717) is 25.0 Å². The lowest BCUT2D eigenvalue weighted by atomic mass is 10.1. The third-order valence-corrected chi connectivity index (χ3v) is 4.19. The van der Waals surface area contributed by atoms with Gasteiger partial charge in [0.1, 0.15) is 0 Å². The number of nitrogens with zero attached hydrogens (tertiary/aromatic N) is 1. The highest BCUT2D eigenvalue weighted by Crippen LogP contribution is 2.28. The summed E-state index contributed by atoms with van der Waals surface area (Å²) in [6.45, 7) is 5.82. The number of aliphatic hydroxyl groups is 1. The molecule has 3 N–H and O–H groups in total. The van der Waals surface area contributed by atoms with Gasteiger partial charge in [0, 0.05) is 13.2 Å². The van der Waals surface area contributed by atoms with Crippen molar-refractivity contribution in [3.63, 3.8) is 0 Å². The van der Waals surface area contributed by atoms with Gasteiger partial charge in [-0.05, 0) is 50.3 Å². The molecule has 154 valence electrons. The standard InChI is InChI=1S/C19H30FN3O3.HI/c1-4-21-19(22-10-16(24)12-26-11-14-5-6-14)23-13(2)15-7-8-18(25-3)17(20)9-15;/h7-9,13-14,16,24H,4-6,10-12H2,1-3H3,(H2,21,22,23);1H. The molecule has 0 saturated heterocycles. The molecule has 27 heavy (non-hydrogen) atoms. The number of aliphatic hydroxyl groups excluding tert-OH is 1. The highest BCUT2D eigenvalue weighted by molar-refractivity contribution is 14.0. The van der Waals surface area contributed by atoms with Crippen molar-refractivity contribution in [3.8, 4) is 5.75 Å². The van der Waals surface area contributed by atoms with Crippen molar-refractivity contribution >= 4 is 29.9 Å². The summed E-state index contributed by atoms with van der Waals surface area (Å²) in [6.07, 6.45) is 1.82. The topological polar surface area (TPSA) is 75.1 Å². The number of guanidine groups is 1. The van der Waals surface area contributed by atoms with Crippen molar-refractivity contribution in [3.05, 3.63) is 29.6 Å². The van der Waals surface area contributed by atoms with Gasteiger partial charge in [-0.3, -0.25) is 4.99 Å². The largest absolute Gasteiger partial charge is 0.494 e. The monoisotopic (exact) mass is 495 g/mol. The summed E-state index contributed by atoms with van der Waals surface area (Å²) < 4.78 is 24.3. The van der Waals surface area contributed by atoms with Gasteiger partial charge in [0.2, 0.25) is 0 Å². The molecular weight excluding hydrogens is 464 g/mol. The number of benzene rings is 1. The van der Waals surface area contributed by atoms with Crippen LogP contribution in [0.3, 0.4) is 0 Å². The van der Waals surface area contributed by atoms with E-state index in [1.807, 2.05) is 19.9 Å². The number of halogens is 2. The first-order valence-corrected chi connectivity index (χ1v) is 9.17. The van der Waals surface area contributed by atoms with Crippen LogP contribution in [0.1, 0.15) is 38.3 Å². The molecule has 1 aliphatic rings. The third kappa shape index (κ3) is 8.61. The van der Waals surface area contributed by atoms with Crippen molar-refractivity contribution in [1.29, 1.82) is 0 Å². The van der Waals surface area contributed by atoms with Gasteiger partial charge in [0.05, 0.1) is 32.4 Å². The fraction of sp³-hybridized carbons (Fsp3) is 0.632. The predicted octanol–water partition coefficient (Wildman–Crippen LogP) is 2.86. The molecule has 1 fully saturated rings. The van der Waals surface area contributed by atoms with Gasteiger partial charge in [-0.2, -0.15) is 0 Å². The van der Waals surface area contributed by atoms with Gasteiger partial charge in [0.15, 0.2) is 17.5 Å². The SMILES string of the molecule is CCNC(=NCC(O)COCC1CC1)NC(C)c1ccc(OC)c(F)c1.I. The summed E-state index contributed by atoms with van der Waals surface area (Å²) in [6, 6.07) is 4.70. The zero-order chi connectivity index (χ0) is 18.9. The molecule has 8 heteroatoms. The highest BCUT2D eigenvalue weighted by Gasteiger charge is 2.21. The molecule has 2 rings (SSSR count). The lowest BCUT2D eigenvalue weighted by molar-refractivity contribution is 0.0368. The first kappa shape index (κ1) is 23.9. The minimum absolute atomic E-state index is 0. The Morgan fingerprint density at radius 2 is 2.15 bits per heavy atom. The number of rotatable bonds is 10. The Bertz CT molecular complexity index is 600. The molecule has 1 aliphatic carbocycles. The number of nitrogens with one attached hydrogen (secondary N) is 2. The second kappa shape index (κ2) is 12.4. The molecule has 0 spiro atoms.